The lowest BCUT2D eigenvalue weighted by molar-refractivity contribution is -0.112. The fraction of sp³-hybridized carbons (Fsp3) is 0.235. The van der Waals surface area contributed by atoms with Crippen molar-refractivity contribution in [3.05, 3.63) is 59.7 Å². The molecule has 19 heavy (non-hydrogen) atoms. The number of carbonyl (C=O) groups is 1. The highest BCUT2D eigenvalue weighted by atomic mass is 16.5. The van der Waals surface area contributed by atoms with Crippen LogP contribution in [0.4, 0.5) is 0 Å². The van der Waals surface area contributed by atoms with Crippen molar-refractivity contribution in [2.24, 2.45) is 0 Å². The molecular formula is C17H18O2. The molecule has 1 aromatic rings. The topological polar surface area (TPSA) is 26.3 Å². The molecule has 0 saturated heterocycles. The Morgan fingerprint density at radius 2 is 1.89 bits per heavy atom. The number of hydrogen-bond acceptors (Lipinski definition) is 2. The van der Waals surface area contributed by atoms with E-state index in [-0.39, 0.29) is 5.78 Å². The van der Waals surface area contributed by atoms with Crippen LogP contribution in [0.5, 0.6) is 5.75 Å². The van der Waals surface area contributed by atoms with E-state index in [0.717, 1.165) is 18.6 Å². The van der Waals surface area contributed by atoms with Crippen LogP contribution in [0.15, 0.2) is 54.1 Å². The Bertz CT molecular complexity index is 545. The maximum atomic E-state index is 10.9. The zero-order valence-electron chi connectivity index (χ0n) is 11.3. The van der Waals surface area contributed by atoms with Gasteiger partial charge in [-0.1, -0.05) is 30.4 Å². The molecule has 2 rings (SSSR count). The molecule has 0 radical (unpaired) electrons. The molecule has 0 unspecified atom stereocenters. The summed E-state index contributed by atoms with van der Waals surface area (Å²) >= 11 is 0. The van der Waals surface area contributed by atoms with Gasteiger partial charge in [0, 0.05) is 0 Å². The van der Waals surface area contributed by atoms with Gasteiger partial charge < -0.3 is 4.74 Å². The van der Waals surface area contributed by atoms with E-state index in [1.807, 2.05) is 18.2 Å². The molecule has 98 valence electrons. The summed E-state index contributed by atoms with van der Waals surface area (Å²) in [6.07, 6.45) is 9.72. The van der Waals surface area contributed by atoms with Crippen molar-refractivity contribution in [1.82, 2.24) is 0 Å². The molecule has 1 aromatic carbocycles. The molecule has 0 amide bonds. The molecule has 0 heterocycles. The summed E-state index contributed by atoms with van der Waals surface area (Å²) in [6.45, 7) is 1.57. The van der Waals surface area contributed by atoms with E-state index in [0.29, 0.717) is 0 Å². The standard InChI is InChI=1S/C17H18O2/c1-13(18)3-4-14-5-7-15(8-6-14)16-9-11-17(19-2)12-10-16/h3-5,7,9-12H,6,8H2,1-2H3/b4-3+. The molecule has 2 heteroatoms. The van der Waals surface area contributed by atoms with Gasteiger partial charge in [0.2, 0.25) is 0 Å². The second kappa shape index (κ2) is 6.19. The Balaban J connectivity index is 2.12. The molecule has 1 aliphatic carbocycles. The van der Waals surface area contributed by atoms with E-state index in [2.05, 4.69) is 24.3 Å². The van der Waals surface area contributed by atoms with Crippen molar-refractivity contribution >= 4 is 11.4 Å². The van der Waals surface area contributed by atoms with Crippen LogP contribution >= 0.6 is 0 Å². The zero-order valence-corrected chi connectivity index (χ0v) is 11.3. The number of methoxy groups -OCH3 is 1. The first-order valence-corrected chi connectivity index (χ1v) is 6.42. The van der Waals surface area contributed by atoms with E-state index in [4.69, 9.17) is 4.74 Å². The van der Waals surface area contributed by atoms with Gasteiger partial charge >= 0.3 is 0 Å². The summed E-state index contributed by atoms with van der Waals surface area (Å²) < 4.78 is 5.16. The van der Waals surface area contributed by atoms with Crippen LogP contribution in [0.1, 0.15) is 25.3 Å². The number of ketones is 1. The highest BCUT2D eigenvalue weighted by Gasteiger charge is 2.07. The van der Waals surface area contributed by atoms with Crippen LogP contribution in [-0.4, -0.2) is 12.9 Å². The van der Waals surface area contributed by atoms with Crippen LogP contribution in [0, 0.1) is 0 Å². The highest BCUT2D eigenvalue weighted by Crippen LogP contribution is 2.28. The molecule has 0 fully saturated rings. The maximum absolute atomic E-state index is 10.9. The van der Waals surface area contributed by atoms with Crippen LogP contribution in [0.3, 0.4) is 0 Å². The fourth-order valence-electron chi connectivity index (χ4n) is 2.06. The number of carbonyl (C=O) groups excluding carboxylic acids is 1. The SMILES string of the molecule is COc1ccc(C2=CC=C(/C=C/C(C)=O)CC2)cc1. The Labute approximate surface area is 114 Å². The van der Waals surface area contributed by atoms with Crippen molar-refractivity contribution in [3.63, 3.8) is 0 Å². The predicted molar refractivity (Wildman–Crippen MR) is 78.1 cm³/mol. The third-order valence-corrected chi connectivity index (χ3v) is 3.17. The van der Waals surface area contributed by atoms with E-state index < -0.39 is 0 Å². The monoisotopic (exact) mass is 254 g/mol. The maximum Gasteiger partial charge on any atom is 0.152 e. The number of rotatable bonds is 4. The first kappa shape index (κ1) is 13.3. The number of ether oxygens (including phenoxy) is 1. The first-order chi connectivity index (χ1) is 9.19. The van der Waals surface area contributed by atoms with Gasteiger partial charge in [0.05, 0.1) is 7.11 Å². The molecule has 0 atom stereocenters. The minimum absolute atomic E-state index is 0.0887. The van der Waals surface area contributed by atoms with Crippen LogP contribution in [0.25, 0.3) is 5.57 Å². The number of benzene rings is 1. The van der Waals surface area contributed by atoms with Gasteiger partial charge in [-0.15, -0.1) is 0 Å². The van der Waals surface area contributed by atoms with Crippen LogP contribution < -0.4 is 4.74 Å². The normalized spacial score (nSPS) is 15.1. The van der Waals surface area contributed by atoms with E-state index in [9.17, 15) is 4.79 Å². The van der Waals surface area contributed by atoms with Gasteiger partial charge in [-0.25, -0.2) is 0 Å². The van der Waals surface area contributed by atoms with E-state index in [1.54, 1.807) is 20.1 Å². The summed E-state index contributed by atoms with van der Waals surface area (Å²) in [7, 11) is 1.67. The van der Waals surface area contributed by atoms with Gasteiger partial charge in [-0.3, -0.25) is 4.79 Å². The van der Waals surface area contributed by atoms with Crippen molar-refractivity contribution in [2.45, 2.75) is 19.8 Å². The quantitative estimate of drug-likeness (QED) is 0.761. The first-order valence-electron chi connectivity index (χ1n) is 6.42. The largest absolute Gasteiger partial charge is 0.497 e. The van der Waals surface area contributed by atoms with E-state index in [1.165, 1.54) is 16.7 Å². The van der Waals surface area contributed by atoms with Gasteiger partial charge in [0.1, 0.15) is 5.75 Å². The summed E-state index contributed by atoms with van der Waals surface area (Å²) in [5.41, 5.74) is 3.75. The van der Waals surface area contributed by atoms with Crippen LogP contribution in [-0.2, 0) is 4.79 Å². The number of hydrogen-bond donors (Lipinski definition) is 0. The Morgan fingerprint density at radius 3 is 2.42 bits per heavy atom. The van der Waals surface area contributed by atoms with Crippen LogP contribution in [0.2, 0.25) is 0 Å². The van der Waals surface area contributed by atoms with Crippen molar-refractivity contribution in [1.29, 1.82) is 0 Å². The average Bonchev–Trinajstić information content (AvgIpc) is 2.46. The summed E-state index contributed by atoms with van der Waals surface area (Å²) in [4.78, 5) is 10.9. The minimum atomic E-state index is 0.0887. The third kappa shape index (κ3) is 3.68. The highest BCUT2D eigenvalue weighted by molar-refractivity contribution is 5.87. The predicted octanol–water partition coefficient (Wildman–Crippen LogP) is 3.94. The molecule has 0 aliphatic heterocycles. The lowest BCUT2D eigenvalue weighted by Gasteiger charge is -2.13. The molecule has 0 spiro atoms. The van der Waals surface area contributed by atoms with Gasteiger partial charge in [0.25, 0.3) is 0 Å². The average molecular weight is 254 g/mol. The Kier molecular flexibility index (Phi) is 4.35. The molecule has 0 saturated carbocycles. The minimum Gasteiger partial charge on any atom is -0.497 e. The summed E-state index contributed by atoms with van der Waals surface area (Å²) in [6, 6.07) is 8.11. The number of allylic oxidation sites excluding steroid dienone is 6. The van der Waals surface area contributed by atoms with Crippen molar-refractivity contribution in [2.75, 3.05) is 7.11 Å². The lowest BCUT2D eigenvalue weighted by Crippen LogP contribution is -1.93. The second-order valence-electron chi connectivity index (χ2n) is 4.61. The molecule has 0 aromatic heterocycles. The summed E-state index contributed by atoms with van der Waals surface area (Å²) in [5.74, 6) is 0.964. The molecule has 2 nitrogen and oxygen atoms in total. The Morgan fingerprint density at radius 1 is 1.16 bits per heavy atom. The van der Waals surface area contributed by atoms with Gasteiger partial charge in [-0.05, 0) is 54.7 Å². The molecule has 1 aliphatic rings. The summed E-state index contributed by atoms with van der Waals surface area (Å²) in [5, 5.41) is 0. The smallest absolute Gasteiger partial charge is 0.152 e. The van der Waals surface area contributed by atoms with E-state index >= 15 is 0 Å². The molecule has 0 bridgehead atoms. The lowest BCUT2D eigenvalue weighted by atomic mass is 9.93. The second-order valence-corrected chi connectivity index (χ2v) is 4.61. The molecule has 0 N–H and O–H groups in total. The Hall–Kier alpha value is -2.09. The third-order valence-electron chi connectivity index (χ3n) is 3.17. The van der Waals surface area contributed by atoms with Gasteiger partial charge in [-0.2, -0.15) is 0 Å². The van der Waals surface area contributed by atoms with Gasteiger partial charge in [0.15, 0.2) is 5.78 Å². The molecular weight excluding hydrogens is 236 g/mol. The van der Waals surface area contributed by atoms with Crippen molar-refractivity contribution < 1.29 is 9.53 Å². The fourth-order valence-corrected chi connectivity index (χ4v) is 2.06. The zero-order chi connectivity index (χ0) is 13.7. The van der Waals surface area contributed by atoms with Crippen molar-refractivity contribution in [3.8, 4) is 5.75 Å².